The molecule has 0 spiro atoms. The van der Waals surface area contributed by atoms with Crippen LogP contribution in [0.4, 0.5) is 0 Å². The fraction of sp³-hybridized carbons (Fsp3) is 0.857. The molecule has 0 N–H and O–H groups in total. The number of hydrogen-bond acceptors (Lipinski definition) is 0. The molecule has 0 amide bonds. The second-order valence-corrected chi connectivity index (χ2v) is 2.50. The van der Waals surface area contributed by atoms with Crippen molar-refractivity contribution in [3.63, 3.8) is 0 Å². The largest absolute Gasteiger partial charge is 0.340 e. The van der Waals surface area contributed by atoms with Gasteiger partial charge in [0.15, 0.2) is 0 Å². The summed E-state index contributed by atoms with van der Waals surface area (Å²) in [4.78, 5) is 0. The van der Waals surface area contributed by atoms with Crippen LogP contribution in [0.25, 0.3) is 0 Å². The Morgan fingerprint density at radius 3 is 1.67 bits per heavy atom. The van der Waals surface area contributed by atoms with E-state index in [0.717, 1.165) is 5.92 Å². The van der Waals surface area contributed by atoms with Crippen molar-refractivity contribution in [3.05, 3.63) is 6.92 Å². The zero-order valence-corrected chi connectivity index (χ0v) is 10.6. The molecule has 0 atom stereocenters. The predicted octanol–water partition coefficient (Wildman–Crippen LogP) is 2.98. The molecule has 0 aromatic carbocycles. The maximum absolute atomic E-state index is 4.00. The van der Waals surface area contributed by atoms with E-state index in [2.05, 4.69) is 6.92 Å². The molecule has 2 heteroatoms. The molecule has 0 heterocycles. The third-order valence-corrected chi connectivity index (χ3v) is 1.72. The normalized spacial score (nSPS) is 19.7. The van der Waals surface area contributed by atoms with E-state index >= 15 is 0 Å². The summed E-state index contributed by atoms with van der Waals surface area (Å²) in [6.07, 6.45) is 7.05. The molecule has 0 saturated heterocycles. The van der Waals surface area contributed by atoms with Gasteiger partial charge in [0.2, 0.25) is 0 Å². The molecule has 0 unspecified atom stereocenters. The van der Waals surface area contributed by atoms with Crippen molar-refractivity contribution in [3.8, 4) is 0 Å². The van der Waals surface area contributed by atoms with E-state index in [9.17, 15) is 0 Å². The standard InChI is InChI=1S/C7H13.BrH.Zn/c1-7-5-3-2-4-6-7;;/h7H,1-6H2;1H;/q-1;;. The molecule has 1 aliphatic rings. The molecule has 0 nitrogen and oxygen atoms in total. The van der Waals surface area contributed by atoms with Crippen LogP contribution in [0, 0.1) is 12.8 Å². The van der Waals surface area contributed by atoms with Gasteiger partial charge in [-0.2, -0.15) is 5.92 Å². The Hall–Kier alpha value is 1.10. The molecular formula is C7H14BrZn-. The van der Waals surface area contributed by atoms with Crippen molar-refractivity contribution in [2.45, 2.75) is 32.1 Å². The molecule has 1 rings (SSSR count). The third kappa shape index (κ3) is 5.54. The first kappa shape index (κ1) is 12.8. The first-order valence-electron chi connectivity index (χ1n) is 3.22. The molecular weight excluding hydrogens is 229 g/mol. The summed E-state index contributed by atoms with van der Waals surface area (Å²) in [6, 6.07) is 0. The maximum Gasteiger partial charge on any atom is 0 e. The zero-order valence-electron chi connectivity index (χ0n) is 5.94. The molecule has 9 heavy (non-hydrogen) atoms. The Morgan fingerprint density at radius 2 is 1.44 bits per heavy atom. The predicted molar refractivity (Wildman–Crippen MR) is 42.3 cm³/mol. The summed E-state index contributed by atoms with van der Waals surface area (Å²) in [5.74, 6) is 0.786. The van der Waals surface area contributed by atoms with Gasteiger partial charge in [-0.25, -0.2) is 0 Å². The summed E-state index contributed by atoms with van der Waals surface area (Å²) < 4.78 is 0. The Balaban J connectivity index is 0. The third-order valence-electron chi connectivity index (χ3n) is 1.72. The monoisotopic (exact) mass is 241 g/mol. The van der Waals surface area contributed by atoms with Gasteiger partial charge in [0.05, 0.1) is 0 Å². The van der Waals surface area contributed by atoms with E-state index in [1.807, 2.05) is 0 Å². The van der Waals surface area contributed by atoms with Gasteiger partial charge in [0.1, 0.15) is 0 Å². The van der Waals surface area contributed by atoms with E-state index in [-0.39, 0.29) is 36.5 Å². The minimum Gasteiger partial charge on any atom is -0.340 e. The fourth-order valence-corrected chi connectivity index (χ4v) is 1.19. The summed E-state index contributed by atoms with van der Waals surface area (Å²) >= 11 is 0. The van der Waals surface area contributed by atoms with E-state index < -0.39 is 0 Å². The van der Waals surface area contributed by atoms with Gasteiger partial charge in [-0.05, 0) is 0 Å². The Labute approximate surface area is 81.3 Å². The second-order valence-electron chi connectivity index (χ2n) is 2.50. The molecule has 1 fully saturated rings. The van der Waals surface area contributed by atoms with Crippen LogP contribution in [-0.4, -0.2) is 0 Å². The Kier molecular flexibility index (Phi) is 10.2. The Morgan fingerprint density at radius 1 is 1.00 bits per heavy atom. The van der Waals surface area contributed by atoms with Crippen LogP contribution in [0.5, 0.6) is 0 Å². The van der Waals surface area contributed by atoms with E-state index in [1.54, 1.807) is 0 Å². The molecule has 1 saturated carbocycles. The zero-order chi connectivity index (χ0) is 5.11. The van der Waals surface area contributed by atoms with Crippen LogP contribution < -0.4 is 0 Å². The molecule has 1 aliphatic carbocycles. The quantitative estimate of drug-likeness (QED) is 0.453. The SMILES string of the molecule is Br.[CH2-]C1CCCCC1.[Zn]. The van der Waals surface area contributed by atoms with Crippen molar-refractivity contribution in [1.82, 2.24) is 0 Å². The van der Waals surface area contributed by atoms with Crippen LogP contribution in [0.3, 0.4) is 0 Å². The van der Waals surface area contributed by atoms with E-state index in [0.29, 0.717) is 0 Å². The molecule has 52 valence electrons. The van der Waals surface area contributed by atoms with Crippen molar-refractivity contribution in [2.75, 3.05) is 0 Å². The van der Waals surface area contributed by atoms with Gasteiger partial charge in [-0.1, -0.05) is 32.1 Å². The van der Waals surface area contributed by atoms with E-state index in [4.69, 9.17) is 0 Å². The summed E-state index contributed by atoms with van der Waals surface area (Å²) in [6.45, 7) is 4.00. The number of hydrogen-bond donors (Lipinski definition) is 0. The minimum absolute atomic E-state index is 0. The van der Waals surface area contributed by atoms with Crippen LogP contribution in [-0.2, 0) is 19.5 Å². The van der Waals surface area contributed by atoms with E-state index in [1.165, 1.54) is 32.1 Å². The van der Waals surface area contributed by atoms with Gasteiger partial charge in [0, 0.05) is 19.5 Å². The molecule has 0 aromatic heterocycles. The molecule has 0 aliphatic heterocycles. The Bertz CT molecular complexity index is 50.9. The van der Waals surface area contributed by atoms with Gasteiger partial charge in [-0.15, -0.1) is 17.0 Å². The van der Waals surface area contributed by atoms with Crippen molar-refractivity contribution < 1.29 is 19.5 Å². The summed E-state index contributed by atoms with van der Waals surface area (Å²) in [5, 5.41) is 0. The second kappa shape index (κ2) is 7.21. The molecule has 0 aromatic rings. The summed E-state index contributed by atoms with van der Waals surface area (Å²) in [7, 11) is 0. The van der Waals surface area contributed by atoms with Crippen LogP contribution >= 0.6 is 17.0 Å². The fourth-order valence-electron chi connectivity index (χ4n) is 1.19. The average molecular weight is 243 g/mol. The van der Waals surface area contributed by atoms with Gasteiger partial charge >= 0.3 is 0 Å². The molecule has 0 bridgehead atoms. The van der Waals surface area contributed by atoms with Gasteiger partial charge in [0.25, 0.3) is 0 Å². The first-order chi connectivity index (χ1) is 3.39. The van der Waals surface area contributed by atoms with Crippen molar-refractivity contribution in [2.24, 2.45) is 5.92 Å². The van der Waals surface area contributed by atoms with Crippen LogP contribution in [0.1, 0.15) is 32.1 Å². The van der Waals surface area contributed by atoms with Gasteiger partial charge < -0.3 is 6.92 Å². The minimum atomic E-state index is 0. The first-order valence-corrected chi connectivity index (χ1v) is 3.22. The van der Waals surface area contributed by atoms with Crippen LogP contribution in [0.15, 0.2) is 0 Å². The summed E-state index contributed by atoms with van der Waals surface area (Å²) in [5.41, 5.74) is 0. The average Bonchev–Trinajstić information content (AvgIpc) is 1.69. The smallest absolute Gasteiger partial charge is 0 e. The number of rotatable bonds is 0. The molecule has 0 radical (unpaired) electrons. The van der Waals surface area contributed by atoms with Crippen LogP contribution in [0.2, 0.25) is 0 Å². The van der Waals surface area contributed by atoms with Crippen molar-refractivity contribution in [1.29, 1.82) is 0 Å². The van der Waals surface area contributed by atoms with Gasteiger partial charge in [-0.3, -0.25) is 0 Å². The number of halogens is 1. The van der Waals surface area contributed by atoms with Crippen molar-refractivity contribution >= 4 is 17.0 Å². The maximum atomic E-state index is 4.00. The topological polar surface area (TPSA) is 0 Å².